The summed E-state index contributed by atoms with van der Waals surface area (Å²) in [5.41, 5.74) is 1.49. The van der Waals surface area contributed by atoms with E-state index in [-0.39, 0.29) is 5.60 Å². The van der Waals surface area contributed by atoms with Gasteiger partial charge in [-0.05, 0) is 54.3 Å². The summed E-state index contributed by atoms with van der Waals surface area (Å²) in [4.78, 5) is 0. The van der Waals surface area contributed by atoms with Crippen LogP contribution in [0, 0.1) is 22.2 Å². The van der Waals surface area contributed by atoms with Crippen LogP contribution in [0.25, 0.3) is 0 Å². The van der Waals surface area contributed by atoms with Crippen molar-refractivity contribution in [3.63, 3.8) is 0 Å². The topological polar surface area (TPSA) is 9.23 Å². The quantitative estimate of drug-likeness (QED) is 0.655. The molecular weight excluding hydrogens is 208 g/mol. The molecule has 17 heavy (non-hydrogen) atoms. The van der Waals surface area contributed by atoms with Crippen molar-refractivity contribution in [3.8, 4) is 0 Å². The monoisotopic (exact) mass is 236 g/mol. The Hall–Kier alpha value is -0.0400. The predicted octanol–water partition coefficient (Wildman–Crippen LogP) is 4.41. The Morgan fingerprint density at radius 3 is 2.24 bits per heavy atom. The number of hydrogen-bond acceptors (Lipinski definition) is 1. The van der Waals surface area contributed by atoms with Gasteiger partial charge in [0.05, 0.1) is 5.60 Å². The van der Waals surface area contributed by atoms with Crippen LogP contribution in [0.15, 0.2) is 0 Å². The number of ether oxygens (including phenoxy) is 1. The van der Waals surface area contributed by atoms with E-state index in [9.17, 15) is 0 Å². The molecule has 3 aliphatic rings. The average Bonchev–Trinajstić information content (AvgIpc) is 2.61. The number of rotatable bonds is 1. The van der Waals surface area contributed by atoms with Gasteiger partial charge in [0.25, 0.3) is 0 Å². The van der Waals surface area contributed by atoms with Gasteiger partial charge in [-0.2, -0.15) is 0 Å². The average molecular weight is 236 g/mol. The van der Waals surface area contributed by atoms with E-state index >= 15 is 0 Å². The van der Waals surface area contributed by atoms with Crippen molar-refractivity contribution >= 4 is 0 Å². The lowest BCUT2D eigenvalue weighted by atomic mass is 9.54. The molecule has 1 heteroatoms. The SMILES string of the molecule is CO[C@@]12[C@H]3CC[C@@]1(C)CCC[C@]2(C)CC3(C)C. The molecule has 0 radical (unpaired) electrons. The summed E-state index contributed by atoms with van der Waals surface area (Å²) in [5, 5.41) is 0. The van der Waals surface area contributed by atoms with E-state index in [0.717, 1.165) is 5.92 Å². The zero-order valence-corrected chi connectivity index (χ0v) is 12.2. The van der Waals surface area contributed by atoms with E-state index in [4.69, 9.17) is 4.74 Å². The van der Waals surface area contributed by atoms with Gasteiger partial charge in [0.15, 0.2) is 0 Å². The van der Waals surface area contributed by atoms with Gasteiger partial charge in [-0.3, -0.25) is 0 Å². The van der Waals surface area contributed by atoms with Crippen molar-refractivity contribution in [1.29, 1.82) is 0 Å². The Morgan fingerprint density at radius 2 is 1.59 bits per heavy atom. The fraction of sp³-hybridized carbons (Fsp3) is 1.00. The van der Waals surface area contributed by atoms with E-state index in [2.05, 4.69) is 27.7 Å². The first kappa shape index (κ1) is 12.0. The Balaban J connectivity index is 2.19. The lowest BCUT2D eigenvalue weighted by Crippen LogP contribution is -2.58. The van der Waals surface area contributed by atoms with Gasteiger partial charge in [0.2, 0.25) is 0 Å². The third kappa shape index (κ3) is 1.11. The van der Waals surface area contributed by atoms with E-state index in [1.54, 1.807) is 0 Å². The number of hydrogen-bond donors (Lipinski definition) is 0. The summed E-state index contributed by atoms with van der Waals surface area (Å²) >= 11 is 0. The maximum atomic E-state index is 6.33. The highest BCUT2D eigenvalue weighted by molar-refractivity contribution is 5.24. The maximum Gasteiger partial charge on any atom is 0.0818 e. The molecule has 0 spiro atoms. The van der Waals surface area contributed by atoms with Crippen LogP contribution in [0.4, 0.5) is 0 Å². The molecule has 0 aliphatic heterocycles. The zero-order valence-electron chi connectivity index (χ0n) is 12.2. The maximum absolute atomic E-state index is 6.33. The molecule has 3 fully saturated rings. The van der Waals surface area contributed by atoms with Gasteiger partial charge in [-0.15, -0.1) is 0 Å². The van der Waals surface area contributed by atoms with Gasteiger partial charge >= 0.3 is 0 Å². The van der Waals surface area contributed by atoms with Gasteiger partial charge in [-0.1, -0.05) is 34.1 Å². The summed E-state index contributed by atoms with van der Waals surface area (Å²) in [6.07, 6.45) is 8.27. The minimum absolute atomic E-state index is 0.168. The Kier molecular flexibility index (Phi) is 2.19. The van der Waals surface area contributed by atoms with Crippen molar-refractivity contribution in [1.82, 2.24) is 0 Å². The highest BCUT2D eigenvalue weighted by Gasteiger charge is 2.74. The Labute approximate surface area is 106 Å². The van der Waals surface area contributed by atoms with Crippen LogP contribution in [-0.2, 0) is 4.74 Å². The lowest BCUT2D eigenvalue weighted by molar-refractivity contribution is -0.193. The normalized spacial score (nSPS) is 55.9. The first-order chi connectivity index (χ1) is 7.81. The predicted molar refractivity (Wildman–Crippen MR) is 70.9 cm³/mol. The van der Waals surface area contributed by atoms with Gasteiger partial charge in [-0.25, -0.2) is 0 Å². The summed E-state index contributed by atoms with van der Waals surface area (Å²) < 4.78 is 6.33. The molecule has 98 valence electrons. The van der Waals surface area contributed by atoms with Crippen molar-refractivity contribution in [2.75, 3.05) is 7.11 Å². The van der Waals surface area contributed by atoms with Crippen LogP contribution in [0.3, 0.4) is 0 Å². The molecule has 3 aliphatic carbocycles. The first-order valence-electron chi connectivity index (χ1n) is 7.37. The summed E-state index contributed by atoms with van der Waals surface area (Å²) in [5.74, 6) is 0.773. The van der Waals surface area contributed by atoms with Crippen LogP contribution in [0.5, 0.6) is 0 Å². The second-order valence-electron chi connectivity index (χ2n) is 8.17. The molecule has 1 nitrogen and oxygen atoms in total. The van der Waals surface area contributed by atoms with Crippen LogP contribution in [0.1, 0.15) is 66.2 Å². The molecule has 4 atom stereocenters. The second kappa shape index (κ2) is 3.10. The molecule has 0 bridgehead atoms. The molecule has 0 saturated heterocycles. The van der Waals surface area contributed by atoms with Crippen molar-refractivity contribution in [3.05, 3.63) is 0 Å². The molecule has 0 unspecified atom stereocenters. The highest BCUT2D eigenvalue weighted by atomic mass is 16.5. The Morgan fingerprint density at radius 1 is 0.941 bits per heavy atom. The van der Waals surface area contributed by atoms with E-state index < -0.39 is 0 Å². The van der Waals surface area contributed by atoms with Crippen molar-refractivity contribution in [2.24, 2.45) is 22.2 Å². The largest absolute Gasteiger partial charge is 0.377 e. The molecule has 3 saturated carbocycles. The highest BCUT2D eigenvalue weighted by Crippen LogP contribution is 2.76. The van der Waals surface area contributed by atoms with E-state index in [1.807, 2.05) is 7.11 Å². The Bertz CT molecular complexity index is 347. The molecule has 0 N–H and O–H groups in total. The van der Waals surface area contributed by atoms with Crippen LogP contribution in [-0.4, -0.2) is 12.7 Å². The fourth-order valence-corrected chi connectivity index (χ4v) is 6.71. The van der Waals surface area contributed by atoms with E-state index in [1.165, 1.54) is 38.5 Å². The molecule has 0 aromatic carbocycles. The minimum atomic E-state index is 0.168. The number of methoxy groups -OCH3 is 1. The molecular formula is C16H28O. The smallest absolute Gasteiger partial charge is 0.0818 e. The van der Waals surface area contributed by atoms with Gasteiger partial charge in [0, 0.05) is 7.11 Å². The fourth-order valence-electron chi connectivity index (χ4n) is 6.71. The zero-order chi connectivity index (χ0) is 12.5. The molecule has 3 rings (SSSR count). The standard InChI is InChI=1S/C16H28O/c1-13(2)11-15(4)9-6-8-14(3)10-7-12(13)16(14,15)17-5/h12H,6-11H2,1-5H3/t12-,14+,15+,16-/m0/s1. The van der Waals surface area contributed by atoms with Crippen LogP contribution >= 0.6 is 0 Å². The van der Waals surface area contributed by atoms with Gasteiger partial charge in [0.1, 0.15) is 0 Å². The van der Waals surface area contributed by atoms with Crippen molar-refractivity contribution < 1.29 is 4.74 Å². The van der Waals surface area contributed by atoms with E-state index in [0.29, 0.717) is 16.2 Å². The molecule has 0 aromatic heterocycles. The third-order valence-electron chi connectivity index (χ3n) is 6.84. The molecule has 0 aromatic rings. The summed E-state index contributed by atoms with van der Waals surface area (Å²) in [6.45, 7) is 9.98. The molecule has 0 heterocycles. The van der Waals surface area contributed by atoms with Crippen LogP contribution < -0.4 is 0 Å². The summed E-state index contributed by atoms with van der Waals surface area (Å²) in [7, 11) is 1.99. The minimum Gasteiger partial charge on any atom is -0.377 e. The lowest BCUT2D eigenvalue weighted by Gasteiger charge is -2.56. The second-order valence-corrected chi connectivity index (χ2v) is 8.17. The van der Waals surface area contributed by atoms with Gasteiger partial charge < -0.3 is 4.74 Å². The van der Waals surface area contributed by atoms with Crippen molar-refractivity contribution in [2.45, 2.75) is 71.8 Å². The summed E-state index contributed by atoms with van der Waals surface area (Å²) in [6, 6.07) is 0. The third-order valence-corrected chi connectivity index (χ3v) is 6.84. The molecule has 0 amide bonds. The first-order valence-corrected chi connectivity index (χ1v) is 7.37. The van der Waals surface area contributed by atoms with Crippen LogP contribution in [0.2, 0.25) is 0 Å².